The van der Waals surface area contributed by atoms with Gasteiger partial charge in [-0.3, -0.25) is 4.79 Å². The fraction of sp³-hybridized carbons (Fsp3) is 0.391. The molecule has 10 heteroatoms. The van der Waals surface area contributed by atoms with Gasteiger partial charge in [0.1, 0.15) is 24.1 Å². The third-order valence-corrected chi connectivity index (χ3v) is 5.96. The minimum Gasteiger partial charge on any atom is -0.406 e. The molecule has 0 aliphatic carbocycles. The Morgan fingerprint density at radius 2 is 1.91 bits per heavy atom. The van der Waals surface area contributed by atoms with Crippen molar-refractivity contribution in [2.75, 3.05) is 42.3 Å². The molecule has 33 heavy (non-hydrogen) atoms. The number of piperidine rings is 1. The number of aliphatic hydroxyl groups is 1. The van der Waals surface area contributed by atoms with Crippen molar-refractivity contribution in [3.63, 3.8) is 0 Å². The summed E-state index contributed by atoms with van der Waals surface area (Å²) in [6.45, 7) is 2.18. The van der Waals surface area contributed by atoms with Gasteiger partial charge in [0.05, 0.1) is 5.52 Å². The minimum atomic E-state index is -0.737. The molecule has 4 N–H and O–H groups in total. The highest BCUT2D eigenvalue weighted by atomic mass is 35.5. The van der Waals surface area contributed by atoms with Gasteiger partial charge in [0.15, 0.2) is 0 Å². The van der Waals surface area contributed by atoms with Gasteiger partial charge in [0.2, 0.25) is 5.91 Å². The largest absolute Gasteiger partial charge is 0.406 e. The van der Waals surface area contributed by atoms with Crippen molar-refractivity contribution < 1.29 is 14.7 Å². The van der Waals surface area contributed by atoms with Crippen LogP contribution < -0.4 is 26.1 Å². The first-order valence-electron chi connectivity index (χ1n) is 11.0. The van der Waals surface area contributed by atoms with Crippen LogP contribution in [0.2, 0.25) is 0 Å². The summed E-state index contributed by atoms with van der Waals surface area (Å²) in [6, 6.07) is 15.3. The Morgan fingerprint density at radius 1 is 1.18 bits per heavy atom. The molecule has 9 nitrogen and oxygen atoms in total. The molecule has 1 amide bonds. The fourth-order valence-electron chi connectivity index (χ4n) is 3.97. The number of aliphatic hydroxyl groups excluding tert-OH is 1. The Morgan fingerprint density at radius 3 is 2.64 bits per heavy atom. The van der Waals surface area contributed by atoms with Crippen LogP contribution in [0.5, 0.6) is 0 Å². The van der Waals surface area contributed by atoms with E-state index < -0.39 is 6.10 Å². The first kappa shape index (κ1) is 23.2. The average Bonchev–Trinajstić information content (AvgIpc) is 3.17. The topological polar surface area (TPSA) is 112 Å². The zero-order valence-corrected chi connectivity index (χ0v) is 18.9. The van der Waals surface area contributed by atoms with Gasteiger partial charge in [-0.2, -0.15) is 0 Å². The molecule has 1 aliphatic heterocycles. The van der Waals surface area contributed by atoms with Crippen LogP contribution >= 0.6 is 11.6 Å². The van der Waals surface area contributed by atoms with E-state index in [0.29, 0.717) is 23.6 Å². The standard InChI is InChI=1S/C23H28ClN5O4/c24-13-22(31)26-17-5-7-18(8-6-17)28-11-9-16(10-12-28)25-14-19(30)15-33-29-21-4-2-1-3-20(21)27-23(29)32/h1-8,16,19,25,30H,9-15H2,(H,26,31)(H,27,32)/t19-/m0/s1. The van der Waals surface area contributed by atoms with E-state index in [1.807, 2.05) is 36.4 Å². The van der Waals surface area contributed by atoms with Gasteiger partial charge < -0.3 is 30.5 Å². The summed E-state index contributed by atoms with van der Waals surface area (Å²) in [5, 5.41) is 16.4. The molecule has 1 atom stereocenters. The third-order valence-electron chi connectivity index (χ3n) is 5.72. The maximum atomic E-state index is 12.0. The van der Waals surface area contributed by atoms with Crippen molar-refractivity contribution >= 4 is 39.9 Å². The summed E-state index contributed by atoms with van der Waals surface area (Å²) in [4.78, 5) is 34.0. The first-order chi connectivity index (χ1) is 16.0. The van der Waals surface area contributed by atoms with Crippen LogP contribution in [-0.4, -0.2) is 65.0 Å². The lowest BCUT2D eigenvalue weighted by Crippen LogP contribution is -2.46. The van der Waals surface area contributed by atoms with Gasteiger partial charge >= 0.3 is 5.69 Å². The quantitative estimate of drug-likeness (QED) is 0.351. The molecule has 1 saturated heterocycles. The second-order valence-corrected chi connectivity index (χ2v) is 8.36. The molecular weight excluding hydrogens is 446 g/mol. The van der Waals surface area contributed by atoms with Gasteiger partial charge in [-0.05, 0) is 49.2 Å². The van der Waals surface area contributed by atoms with E-state index >= 15 is 0 Å². The van der Waals surface area contributed by atoms with Gasteiger partial charge in [-0.1, -0.05) is 12.1 Å². The number of hydrogen-bond donors (Lipinski definition) is 4. The maximum Gasteiger partial charge on any atom is 0.359 e. The van der Waals surface area contributed by atoms with Crippen LogP contribution in [0.4, 0.5) is 11.4 Å². The lowest BCUT2D eigenvalue weighted by molar-refractivity contribution is -0.113. The number of fused-ring (bicyclic) bond motifs is 1. The Labute approximate surface area is 196 Å². The molecule has 0 spiro atoms. The Bertz CT molecular complexity index is 1120. The number of alkyl halides is 1. The molecule has 3 aromatic rings. The highest BCUT2D eigenvalue weighted by molar-refractivity contribution is 6.29. The number of carbonyl (C=O) groups excluding carboxylic acids is 1. The Balaban J connectivity index is 1.20. The average molecular weight is 474 g/mol. The number of halogens is 1. The highest BCUT2D eigenvalue weighted by Gasteiger charge is 2.20. The lowest BCUT2D eigenvalue weighted by Gasteiger charge is -2.34. The monoisotopic (exact) mass is 473 g/mol. The van der Waals surface area contributed by atoms with Crippen LogP contribution in [0.3, 0.4) is 0 Å². The number of para-hydroxylation sites is 2. The van der Waals surface area contributed by atoms with E-state index in [4.69, 9.17) is 16.4 Å². The number of hydrogen-bond acceptors (Lipinski definition) is 6. The molecular formula is C23H28ClN5O4. The number of rotatable bonds is 9. The zero-order valence-electron chi connectivity index (χ0n) is 18.2. The number of benzene rings is 2. The van der Waals surface area contributed by atoms with E-state index in [1.54, 1.807) is 12.1 Å². The number of amides is 1. The van der Waals surface area contributed by atoms with Crippen molar-refractivity contribution in [3.05, 3.63) is 59.0 Å². The van der Waals surface area contributed by atoms with Crippen LogP contribution in [0.15, 0.2) is 53.3 Å². The van der Waals surface area contributed by atoms with Crippen molar-refractivity contribution in [3.8, 4) is 0 Å². The molecule has 0 unspecified atom stereocenters. The molecule has 0 bridgehead atoms. The fourth-order valence-corrected chi connectivity index (χ4v) is 4.04. The number of carbonyl (C=O) groups is 1. The maximum absolute atomic E-state index is 12.0. The van der Waals surface area contributed by atoms with Gasteiger partial charge in [-0.15, -0.1) is 16.3 Å². The molecule has 4 rings (SSSR count). The smallest absolute Gasteiger partial charge is 0.359 e. The third kappa shape index (κ3) is 5.87. The Hall–Kier alpha value is -3.01. The Kier molecular flexibility index (Phi) is 7.54. The number of H-pyrrole nitrogens is 1. The zero-order chi connectivity index (χ0) is 23.2. The molecule has 1 aliphatic rings. The van der Waals surface area contributed by atoms with Crippen molar-refractivity contribution in [1.29, 1.82) is 0 Å². The molecule has 176 valence electrons. The second kappa shape index (κ2) is 10.7. The van der Waals surface area contributed by atoms with E-state index in [9.17, 15) is 14.7 Å². The first-order valence-corrected chi connectivity index (χ1v) is 11.5. The van der Waals surface area contributed by atoms with Gasteiger partial charge in [0.25, 0.3) is 0 Å². The second-order valence-electron chi connectivity index (χ2n) is 8.09. The van der Waals surface area contributed by atoms with Crippen LogP contribution in [0.25, 0.3) is 11.0 Å². The van der Waals surface area contributed by atoms with Crippen LogP contribution in [-0.2, 0) is 4.79 Å². The van der Waals surface area contributed by atoms with Crippen molar-refractivity contribution in [1.82, 2.24) is 15.0 Å². The molecule has 1 fully saturated rings. The molecule has 2 heterocycles. The number of imidazole rings is 1. The lowest BCUT2D eigenvalue weighted by atomic mass is 10.0. The number of nitrogens with one attached hydrogen (secondary N) is 3. The van der Waals surface area contributed by atoms with Crippen molar-refractivity contribution in [2.24, 2.45) is 0 Å². The predicted octanol–water partition coefficient (Wildman–Crippen LogP) is 1.56. The molecule has 0 radical (unpaired) electrons. The summed E-state index contributed by atoms with van der Waals surface area (Å²) in [7, 11) is 0. The van der Waals surface area contributed by atoms with E-state index in [1.165, 1.54) is 4.73 Å². The normalized spacial score (nSPS) is 15.5. The summed E-state index contributed by atoms with van der Waals surface area (Å²) >= 11 is 5.52. The minimum absolute atomic E-state index is 0.0141. The number of aromatic nitrogens is 2. The van der Waals surface area contributed by atoms with Gasteiger partial charge in [-0.25, -0.2) is 4.79 Å². The highest BCUT2D eigenvalue weighted by Crippen LogP contribution is 2.22. The van der Waals surface area contributed by atoms with E-state index in [-0.39, 0.29) is 24.1 Å². The number of nitrogens with zero attached hydrogens (tertiary/aromatic N) is 2. The number of aromatic amines is 1. The summed E-state index contributed by atoms with van der Waals surface area (Å²) in [5.74, 6) is -0.289. The van der Waals surface area contributed by atoms with Crippen molar-refractivity contribution in [2.45, 2.75) is 25.0 Å². The van der Waals surface area contributed by atoms with E-state index in [2.05, 4.69) is 20.5 Å². The van der Waals surface area contributed by atoms with E-state index in [0.717, 1.165) is 37.3 Å². The summed E-state index contributed by atoms with van der Waals surface area (Å²) in [6.07, 6.45) is 1.15. The van der Waals surface area contributed by atoms with Crippen LogP contribution in [0, 0.1) is 0 Å². The summed E-state index contributed by atoms with van der Waals surface area (Å²) in [5.41, 5.74) is 2.81. The van der Waals surface area contributed by atoms with Gasteiger partial charge in [0, 0.05) is 37.1 Å². The summed E-state index contributed by atoms with van der Waals surface area (Å²) < 4.78 is 1.18. The molecule has 1 aromatic heterocycles. The SMILES string of the molecule is O=C(CCl)Nc1ccc(N2CCC(NC[C@H](O)COn3c(=O)[nH]c4ccccc43)CC2)cc1. The molecule has 2 aromatic carbocycles. The predicted molar refractivity (Wildman–Crippen MR) is 129 cm³/mol. The van der Waals surface area contributed by atoms with Crippen LogP contribution in [0.1, 0.15) is 12.8 Å². The molecule has 0 saturated carbocycles. The number of anilines is 2.